The molecule has 0 spiro atoms. The molecule has 4 aromatic rings. The average molecular weight is 421 g/mol. The minimum Gasteiger partial charge on any atom is -0.406 e. The summed E-state index contributed by atoms with van der Waals surface area (Å²) in [6, 6.07) is 10.2. The van der Waals surface area contributed by atoms with E-state index < -0.39 is 23.8 Å². The molecule has 5 nitrogen and oxygen atoms in total. The summed E-state index contributed by atoms with van der Waals surface area (Å²) in [6.07, 6.45) is -3.09. The number of anilines is 1. The molecule has 4 rings (SSSR count). The van der Waals surface area contributed by atoms with Crippen LogP contribution in [0.15, 0.2) is 60.1 Å². The number of rotatable bonds is 4. The molecule has 0 atom stereocenters. The number of halogens is 4. The fourth-order valence-electron chi connectivity index (χ4n) is 2.70. The van der Waals surface area contributed by atoms with Gasteiger partial charge in [0.2, 0.25) is 0 Å². The lowest BCUT2D eigenvalue weighted by molar-refractivity contribution is -0.274. The second-order valence-corrected chi connectivity index (χ2v) is 6.77. The van der Waals surface area contributed by atoms with Crippen LogP contribution in [-0.4, -0.2) is 21.7 Å². The molecule has 2 heterocycles. The Hall–Kier alpha value is -3.40. The van der Waals surface area contributed by atoms with Gasteiger partial charge in [0.15, 0.2) is 4.96 Å². The minimum atomic E-state index is -4.81. The average Bonchev–Trinajstić information content (AvgIpc) is 3.24. The van der Waals surface area contributed by atoms with Crippen LogP contribution in [0.4, 0.5) is 23.4 Å². The van der Waals surface area contributed by atoms with Gasteiger partial charge in [-0.05, 0) is 48.5 Å². The molecule has 0 fully saturated rings. The first kappa shape index (κ1) is 18.9. The van der Waals surface area contributed by atoms with Crippen LogP contribution in [0.3, 0.4) is 0 Å². The summed E-state index contributed by atoms with van der Waals surface area (Å²) in [5, 5.41) is 4.52. The van der Waals surface area contributed by atoms with E-state index >= 15 is 0 Å². The maximum absolute atomic E-state index is 13.2. The number of ether oxygens (including phenoxy) is 1. The molecule has 0 aliphatic heterocycles. The van der Waals surface area contributed by atoms with Crippen LogP contribution in [-0.2, 0) is 0 Å². The molecule has 29 heavy (non-hydrogen) atoms. The third-order valence-electron chi connectivity index (χ3n) is 3.96. The molecule has 0 radical (unpaired) electrons. The first-order valence-corrected chi connectivity index (χ1v) is 9.07. The highest BCUT2D eigenvalue weighted by Crippen LogP contribution is 2.31. The number of aromatic nitrogens is 2. The van der Waals surface area contributed by atoms with E-state index in [1.165, 1.54) is 35.6 Å². The van der Waals surface area contributed by atoms with Crippen LogP contribution in [0.5, 0.6) is 5.75 Å². The molecule has 0 saturated heterocycles. The normalized spacial score (nSPS) is 11.6. The molecule has 1 amide bonds. The summed E-state index contributed by atoms with van der Waals surface area (Å²) in [7, 11) is 0. The van der Waals surface area contributed by atoms with Crippen molar-refractivity contribution in [2.45, 2.75) is 6.36 Å². The van der Waals surface area contributed by atoms with Gasteiger partial charge in [-0.15, -0.1) is 24.5 Å². The number of nitrogens with zero attached hydrogens (tertiary/aromatic N) is 2. The molecule has 1 N–H and O–H groups in total. The molecular weight excluding hydrogens is 410 g/mol. The molecular formula is C19H11F4N3O2S. The van der Waals surface area contributed by atoms with Crippen molar-refractivity contribution in [3.05, 3.63) is 71.5 Å². The zero-order chi connectivity index (χ0) is 20.6. The number of hydrogen-bond donors (Lipinski definition) is 1. The largest absolute Gasteiger partial charge is 0.573 e. The summed E-state index contributed by atoms with van der Waals surface area (Å²) >= 11 is 1.35. The van der Waals surface area contributed by atoms with Crippen molar-refractivity contribution >= 4 is 28.0 Å². The number of carbonyl (C=O) groups is 1. The van der Waals surface area contributed by atoms with E-state index in [0.717, 1.165) is 12.1 Å². The summed E-state index contributed by atoms with van der Waals surface area (Å²) < 4.78 is 55.5. The first-order valence-electron chi connectivity index (χ1n) is 8.19. The van der Waals surface area contributed by atoms with E-state index in [4.69, 9.17) is 0 Å². The van der Waals surface area contributed by atoms with Crippen LogP contribution < -0.4 is 10.1 Å². The van der Waals surface area contributed by atoms with Crippen molar-refractivity contribution in [3.8, 4) is 17.0 Å². The number of amides is 1. The standard InChI is InChI=1S/C19H11F4N3O2S/c20-13-5-1-11(2-6-13)15-16(26-9-10-29-18(26)24-15)25-17(27)12-3-7-14(8-4-12)28-19(21,22)23/h1-10H,(H,25,27). The van der Waals surface area contributed by atoms with Gasteiger partial charge in [0.1, 0.15) is 23.1 Å². The van der Waals surface area contributed by atoms with Gasteiger partial charge in [0.25, 0.3) is 5.91 Å². The zero-order valence-electron chi connectivity index (χ0n) is 14.4. The second kappa shape index (κ2) is 7.21. The topological polar surface area (TPSA) is 55.6 Å². The van der Waals surface area contributed by atoms with Crippen molar-refractivity contribution in [1.29, 1.82) is 0 Å². The van der Waals surface area contributed by atoms with E-state index in [2.05, 4.69) is 15.0 Å². The van der Waals surface area contributed by atoms with Gasteiger partial charge < -0.3 is 10.1 Å². The summed E-state index contributed by atoms with van der Waals surface area (Å²) in [5.41, 5.74) is 1.18. The lowest BCUT2D eigenvalue weighted by Crippen LogP contribution is -2.17. The Labute approximate surface area is 165 Å². The van der Waals surface area contributed by atoms with Crippen molar-refractivity contribution in [2.24, 2.45) is 0 Å². The highest BCUT2D eigenvalue weighted by molar-refractivity contribution is 7.15. The van der Waals surface area contributed by atoms with Gasteiger partial charge in [0.05, 0.1) is 0 Å². The minimum absolute atomic E-state index is 0.134. The third kappa shape index (κ3) is 4.06. The van der Waals surface area contributed by atoms with E-state index in [-0.39, 0.29) is 5.56 Å². The Kier molecular flexibility index (Phi) is 4.71. The van der Waals surface area contributed by atoms with E-state index in [1.54, 1.807) is 28.1 Å². The fraction of sp³-hybridized carbons (Fsp3) is 0.0526. The number of benzene rings is 2. The molecule has 2 aromatic carbocycles. The van der Waals surface area contributed by atoms with Gasteiger partial charge in [0, 0.05) is 22.7 Å². The number of alkyl halides is 3. The first-order chi connectivity index (χ1) is 13.8. The molecule has 0 aliphatic rings. The van der Waals surface area contributed by atoms with Crippen LogP contribution in [0.2, 0.25) is 0 Å². The molecule has 148 valence electrons. The molecule has 0 saturated carbocycles. The van der Waals surface area contributed by atoms with Gasteiger partial charge in [-0.25, -0.2) is 9.37 Å². The van der Waals surface area contributed by atoms with E-state index in [1.807, 2.05) is 0 Å². The number of fused-ring (bicyclic) bond motifs is 1. The quantitative estimate of drug-likeness (QED) is 0.452. The number of thiazole rings is 1. The Morgan fingerprint density at radius 1 is 1.07 bits per heavy atom. The van der Waals surface area contributed by atoms with Crippen molar-refractivity contribution in [1.82, 2.24) is 9.38 Å². The fourth-order valence-corrected chi connectivity index (χ4v) is 3.42. The Morgan fingerprint density at radius 3 is 2.41 bits per heavy atom. The highest BCUT2D eigenvalue weighted by Gasteiger charge is 2.31. The van der Waals surface area contributed by atoms with E-state index in [0.29, 0.717) is 22.0 Å². The Morgan fingerprint density at radius 2 is 1.76 bits per heavy atom. The van der Waals surface area contributed by atoms with Gasteiger partial charge in [-0.3, -0.25) is 9.20 Å². The molecule has 0 unspecified atom stereocenters. The summed E-state index contributed by atoms with van der Waals surface area (Å²) in [5.74, 6) is -0.999. The third-order valence-corrected chi connectivity index (χ3v) is 4.72. The monoisotopic (exact) mass is 421 g/mol. The van der Waals surface area contributed by atoms with Crippen molar-refractivity contribution in [2.75, 3.05) is 5.32 Å². The maximum atomic E-state index is 13.2. The number of carbonyl (C=O) groups excluding carboxylic acids is 1. The maximum Gasteiger partial charge on any atom is 0.573 e. The molecule has 2 aromatic heterocycles. The van der Waals surface area contributed by atoms with Gasteiger partial charge >= 0.3 is 6.36 Å². The Balaban J connectivity index is 1.63. The van der Waals surface area contributed by atoms with Crippen LogP contribution in [0.25, 0.3) is 16.2 Å². The second-order valence-electron chi connectivity index (χ2n) is 5.90. The smallest absolute Gasteiger partial charge is 0.406 e. The summed E-state index contributed by atoms with van der Waals surface area (Å²) in [6.45, 7) is 0. The molecule has 10 heteroatoms. The van der Waals surface area contributed by atoms with Crippen molar-refractivity contribution < 1.29 is 27.1 Å². The zero-order valence-corrected chi connectivity index (χ0v) is 15.2. The predicted octanol–water partition coefficient (Wildman–Crippen LogP) is 5.35. The van der Waals surface area contributed by atoms with E-state index in [9.17, 15) is 22.4 Å². The lowest BCUT2D eigenvalue weighted by atomic mass is 10.1. The predicted molar refractivity (Wildman–Crippen MR) is 99.5 cm³/mol. The van der Waals surface area contributed by atoms with Gasteiger partial charge in [-0.1, -0.05) is 0 Å². The number of hydrogen-bond acceptors (Lipinski definition) is 4. The highest BCUT2D eigenvalue weighted by atomic mass is 32.1. The number of nitrogens with one attached hydrogen (secondary N) is 1. The van der Waals surface area contributed by atoms with Gasteiger partial charge in [-0.2, -0.15) is 0 Å². The van der Waals surface area contributed by atoms with Crippen molar-refractivity contribution in [3.63, 3.8) is 0 Å². The van der Waals surface area contributed by atoms with Crippen LogP contribution >= 0.6 is 11.3 Å². The Bertz CT molecular complexity index is 1170. The molecule has 0 aliphatic carbocycles. The number of imidazole rings is 1. The lowest BCUT2D eigenvalue weighted by Gasteiger charge is -2.10. The SMILES string of the molecule is O=C(Nc1c(-c2ccc(F)cc2)nc2sccn12)c1ccc(OC(F)(F)F)cc1. The summed E-state index contributed by atoms with van der Waals surface area (Å²) in [4.78, 5) is 17.7. The van der Waals surface area contributed by atoms with Crippen LogP contribution in [0, 0.1) is 5.82 Å². The van der Waals surface area contributed by atoms with Crippen LogP contribution in [0.1, 0.15) is 10.4 Å². The molecule has 0 bridgehead atoms.